The first-order chi connectivity index (χ1) is 12.1. The Labute approximate surface area is 145 Å². The largest absolute Gasteiger partial charge is 0.507 e. The average Bonchev–Trinajstić information content (AvgIpc) is 3.00. The molecule has 1 aliphatic rings. The zero-order valence-corrected chi connectivity index (χ0v) is 13.8. The summed E-state index contributed by atoms with van der Waals surface area (Å²) in [5.41, 5.74) is 4.80. The Hall–Kier alpha value is -3.15. The summed E-state index contributed by atoms with van der Waals surface area (Å²) in [4.78, 5) is 24.5. The molecular weight excluding hydrogens is 318 g/mol. The third-order valence-corrected chi connectivity index (χ3v) is 4.25. The van der Waals surface area contributed by atoms with Gasteiger partial charge in [0.25, 0.3) is 5.91 Å². The molecule has 1 fully saturated rings. The molecule has 3 rings (SSSR count). The fraction of sp³-hybridized carbons (Fsp3) is 0.211. The molecule has 25 heavy (non-hydrogen) atoms. The number of amides is 2. The van der Waals surface area contributed by atoms with Crippen LogP contribution in [-0.2, 0) is 9.59 Å². The van der Waals surface area contributed by atoms with Gasteiger partial charge >= 0.3 is 0 Å². The predicted octanol–water partition coefficient (Wildman–Crippen LogP) is 1.68. The maximum absolute atomic E-state index is 12.4. The molecule has 1 aliphatic heterocycles. The minimum absolute atomic E-state index is 0.0735. The topological polar surface area (TPSA) is 90.8 Å². The molecule has 3 N–H and O–H groups in total. The molecule has 6 heteroatoms. The number of carbonyl (C=O) groups is 2. The van der Waals surface area contributed by atoms with Gasteiger partial charge in [-0.25, -0.2) is 5.43 Å². The van der Waals surface area contributed by atoms with Crippen molar-refractivity contribution in [3.05, 3.63) is 65.2 Å². The molecule has 0 saturated carbocycles. The zero-order valence-electron chi connectivity index (χ0n) is 13.8. The number of hydrazone groups is 1. The molecule has 2 aromatic carbocycles. The predicted molar refractivity (Wildman–Crippen MR) is 94.3 cm³/mol. The molecule has 0 spiro atoms. The van der Waals surface area contributed by atoms with Crippen LogP contribution in [0.5, 0.6) is 5.75 Å². The highest BCUT2D eigenvalue weighted by atomic mass is 16.3. The summed E-state index contributed by atoms with van der Waals surface area (Å²) in [6.45, 7) is 2.31. The van der Waals surface area contributed by atoms with Crippen molar-refractivity contribution < 1.29 is 14.7 Å². The van der Waals surface area contributed by atoms with E-state index in [0.29, 0.717) is 12.1 Å². The van der Waals surface area contributed by atoms with Crippen LogP contribution < -0.4 is 10.7 Å². The molecule has 0 aromatic heterocycles. The van der Waals surface area contributed by atoms with Crippen LogP contribution in [0.1, 0.15) is 22.6 Å². The van der Waals surface area contributed by atoms with E-state index in [2.05, 4.69) is 15.8 Å². The van der Waals surface area contributed by atoms with Gasteiger partial charge < -0.3 is 10.4 Å². The summed E-state index contributed by atoms with van der Waals surface area (Å²) in [6, 6.07) is 14.5. The summed E-state index contributed by atoms with van der Waals surface area (Å²) in [6.07, 6.45) is 1.37. The molecule has 0 bridgehead atoms. The van der Waals surface area contributed by atoms with Crippen molar-refractivity contribution in [2.45, 2.75) is 12.8 Å². The molecule has 0 aliphatic carbocycles. The van der Waals surface area contributed by atoms with E-state index in [1.807, 2.05) is 37.3 Å². The highest BCUT2D eigenvalue weighted by molar-refractivity contribution is 6.03. The van der Waals surface area contributed by atoms with Crippen LogP contribution in [0.2, 0.25) is 0 Å². The van der Waals surface area contributed by atoms with Crippen LogP contribution in [0, 0.1) is 12.8 Å². The van der Waals surface area contributed by atoms with Crippen LogP contribution in [0.3, 0.4) is 0 Å². The summed E-state index contributed by atoms with van der Waals surface area (Å²) in [5.74, 6) is -1.75. The molecule has 0 unspecified atom stereocenters. The summed E-state index contributed by atoms with van der Waals surface area (Å²) < 4.78 is 0. The second-order valence-corrected chi connectivity index (χ2v) is 6.04. The van der Waals surface area contributed by atoms with Crippen molar-refractivity contribution in [2.24, 2.45) is 11.0 Å². The van der Waals surface area contributed by atoms with E-state index in [1.165, 1.54) is 6.21 Å². The van der Waals surface area contributed by atoms with Gasteiger partial charge in [0.05, 0.1) is 6.21 Å². The Morgan fingerprint density at radius 3 is 2.80 bits per heavy atom. The first kappa shape index (κ1) is 16.7. The molecule has 1 saturated heterocycles. The third-order valence-electron chi connectivity index (χ3n) is 4.25. The molecule has 6 nitrogen and oxygen atoms in total. The second kappa shape index (κ2) is 7.17. The summed E-state index contributed by atoms with van der Waals surface area (Å²) in [5, 5.41) is 16.4. The number of nitrogens with one attached hydrogen (secondary N) is 2. The van der Waals surface area contributed by atoms with E-state index >= 15 is 0 Å². The van der Waals surface area contributed by atoms with Gasteiger partial charge in [-0.1, -0.05) is 42.0 Å². The molecular formula is C19H19N3O3. The van der Waals surface area contributed by atoms with Gasteiger partial charge in [0.15, 0.2) is 0 Å². The Kier molecular flexibility index (Phi) is 4.79. The lowest BCUT2D eigenvalue weighted by atomic mass is 9.88. The fourth-order valence-corrected chi connectivity index (χ4v) is 2.95. The number of hydrogen-bond donors (Lipinski definition) is 3. The van der Waals surface area contributed by atoms with Gasteiger partial charge in [-0.15, -0.1) is 0 Å². The van der Waals surface area contributed by atoms with E-state index in [0.717, 1.165) is 11.1 Å². The molecule has 2 amide bonds. The van der Waals surface area contributed by atoms with Crippen molar-refractivity contribution in [1.29, 1.82) is 0 Å². The van der Waals surface area contributed by atoms with E-state index < -0.39 is 11.8 Å². The maximum atomic E-state index is 12.4. The van der Waals surface area contributed by atoms with Crippen LogP contribution in [-0.4, -0.2) is 29.7 Å². The van der Waals surface area contributed by atoms with Crippen molar-refractivity contribution in [3.63, 3.8) is 0 Å². The van der Waals surface area contributed by atoms with Crippen molar-refractivity contribution in [1.82, 2.24) is 10.7 Å². The number of nitrogens with zero attached hydrogens (tertiary/aromatic N) is 1. The second-order valence-electron chi connectivity index (χ2n) is 6.04. The van der Waals surface area contributed by atoms with E-state index in [1.54, 1.807) is 18.2 Å². The Bertz CT molecular complexity index is 818. The van der Waals surface area contributed by atoms with E-state index in [9.17, 15) is 14.7 Å². The van der Waals surface area contributed by atoms with Crippen LogP contribution in [0.15, 0.2) is 53.6 Å². The van der Waals surface area contributed by atoms with E-state index in [-0.39, 0.29) is 17.6 Å². The van der Waals surface area contributed by atoms with Gasteiger partial charge in [0.2, 0.25) is 5.91 Å². The normalized spacial score (nSPS) is 19.8. The number of phenolic OH excluding ortho intramolecular Hbond substituents is 1. The van der Waals surface area contributed by atoms with Gasteiger partial charge in [-0.2, -0.15) is 5.10 Å². The highest BCUT2D eigenvalue weighted by Gasteiger charge is 2.40. The van der Waals surface area contributed by atoms with Crippen LogP contribution in [0.25, 0.3) is 0 Å². The summed E-state index contributed by atoms with van der Waals surface area (Å²) >= 11 is 0. The van der Waals surface area contributed by atoms with Gasteiger partial charge in [-0.3, -0.25) is 9.59 Å². The highest BCUT2D eigenvalue weighted by Crippen LogP contribution is 2.29. The quantitative estimate of drug-likeness (QED) is 0.450. The van der Waals surface area contributed by atoms with Crippen LogP contribution >= 0.6 is 0 Å². The third kappa shape index (κ3) is 3.68. The standard InChI is InChI=1S/C19H19N3O3/c1-12-7-8-16(23)14(9-12)10-21-22-19(25)17-15(11-20-18(17)24)13-5-3-2-4-6-13/h2-10,15,17,23H,11H2,1H3,(H,20,24)(H,22,25)/b21-10+/t15-,17+/m1/s1. The zero-order chi connectivity index (χ0) is 17.8. The Morgan fingerprint density at radius 2 is 2.04 bits per heavy atom. The Morgan fingerprint density at radius 1 is 1.28 bits per heavy atom. The monoisotopic (exact) mass is 337 g/mol. The van der Waals surface area contributed by atoms with Crippen molar-refractivity contribution in [2.75, 3.05) is 6.54 Å². The molecule has 2 aromatic rings. The number of benzene rings is 2. The summed E-state index contributed by atoms with van der Waals surface area (Å²) in [7, 11) is 0. The number of carbonyl (C=O) groups excluding carboxylic acids is 2. The number of phenols is 1. The lowest BCUT2D eigenvalue weighted by Gasteiger charge is -2.15. The molecule has 1 heterocycles. The molecule has 0 radical (unpaired) electrons. The van der Waals surface area contributed by atoms with Crippen molar-refractivity contribution in [3.8, 4) is 5.75 Å². The minimum Gasteiger partial charge on any atom is -0.507 e. The smallest absolute Gasteiger partial charge is 0.253 e. The number of hydrogen-bond acceptors (Lipinski definition) is 4. The number of aromatic hydroxyl groups is 1. The van der Waals surface area contributed by atoms with Gasteiger partial charge in [0.1, 0.15) is 11.7 Å². The average molecular weight is 337 g/mol. The lowest BCUT2D eigenvalue weighted by molar-refractivity contribution is -0.133. The number of aryl methyl sites for hydroxylation is 1. The minimum atomic E-state index is -0.828. The Balaban J connectivity index is 1.72. The number of rotatable bonds is 4. The van der Waals surface area contributed by atoms with Crippen LogP contribution in [0.4, 0.5) is 0 Å². The van der Waals surface area contributed by atoms with Gasteiger partial charge in [-0.05, 0) is 24.6 Å². The first-order valence-electron chi connectivity index (χ1n) is 8.01. The molecule has 2 atom stereocenters. The fourth-order valence-electron chi connectivity index (χ4n) is 2.95. The van der Waals surface area contributed by atoms with E-state index in [4.69, 9.17) is 0 Å². The SMILES string of the molecule is Cc1ccc(O)c(/C=N/NC(=O)[C@@H]2C(=O)NC[C@@H]2c2ccccc2)c1. The maximum Gasteiger partial charge on any atom is 0.253 e. The first-order valence-corrected chi connectivity index (χ1v) is 8.01. The molecule has 128 valence electrons. The van der Waals surface area contributed by atoms with Crippen molar-refractivity contribution >= 4 is 18.0 Å². The lowest BCUT2D eigenvalue weighted by Crippen LogP contribution is -2.34. The van der Waals surface area contributed by atoms with Gasteiger partial charge in [0, 0.05) is 18.0 Å².